The van der Waals surface area contributed by atoms with Gasteiger partial charge in [0.15, 0.2) is 23.4 Å². The van der Waals surface area contributed by atoms with Crippen molar-refractivity contribution in [2.75, 3.05) is 20.8 Å². The van der Waals surface area contributed by atoms with Gasteiger partial charge in [0.25, 0.3) is 0 Å². The van der Waals surface area contributed by atoms with Gasteiger partial charge in [-0.15, -0.1) is 0 Å². The monoisotopic (exact) mass is 276 g/mol. The lowest BCUT2D eigenvalue weighted by Gasteiger charge is -2.17. The molecule has 106 valence electrons. The fraction of sp³-hybridized carbons (Fsp3) is 0.417. The zero-order chi connectivity index (χ0) is 14.6. The highest BCUT2D eigenvalue weighted by atomic mass is 19.2. The number of rotatable bonds is 5. The standard InChI is InChI=1S/C12H14F2O5/c1-4-19-12(16)9(15)6-5-7(13)8(14)11(18-3)10(6)17-2/h5,9,15H,4H2,1-3H3. The second kappa shape index (κ2) is 6.33. The van der Waals surface area contributed by atoms with Crippen LogP contribution in [-0.4, -0.2) is 31.9 Å². The van der Waals surface area contributed by atoms with Crippen LogP contribution in [0.4, 0.5) is 8.78 Å². The number of benzene rings is 1. The van der Waals surface area contributed by atoms with E-state index in [-0.39, 0.29) is 17.9 Å². The predicted molar refractivity (Wildman–Crippen MR) is 61.1 cm³/mol. The zero-order valence-corrected chi connectivity index (χ0v) is 10.7. The lowest BCUT2D eigenvalue weighted by Crippen LogP contribution is -2.17. The summed E-state index contributed by atoms with van der Waals surface area (Å²) in [4.78, 5) is 11.4. The Balaban J connectivity index is 3.34. The average molecular weight is 276 g/mol. The molecule has 1 N–H and O–H groups in total. The molecule has 1 aromatic carbocycles. The van der Waals surface area contributed by atoms with Crippen molar-refractivity contribution < 1.29 is 32.9 Å². The van der Waals surface area contributed by atoms with Gasteiger partial charge in [0.1, 0.15) is 0 Å². The molecule has 0 aliphatic carbocycles. The molecular weight excluding hydrogens is 262 g/mol. The first-order valence-electron chi connectivity index (χ1n) is 5.42. The van der Waals surface area contributed by atoms with Gasteiger partial charge in [0, 0.05) is 5.56 Å². The van der Waals surface area contributed by atoms with E-state index < -0.39 is 29.5 Å². The minimum Gasteiger partial charge on any atom is -0.492 e. The van der Waals surface area contributed by atoms with Crippen LogP contribution in [0.3, 0.4) is 0 Å². The second-order valence-electron chi connectivity index (χ2n) is 3.48. The molecule has 0 heterocycles. The summed E-state index contributed by atoms with van der Waals surface area (Å²) in [5, 5.41) is 9.77. The highest BCUT2D eigenvalue weighted by Crippen LogP contribution is 2.38. The molecule has 0 spiro atoms. The Hall–Kier alpha value is -1.89. The molecule has 0 saturated carbocycles. The van der Waals surface area contributed by atoms with Crippen LogP contribution in [0.15, 0.2) is 6.07 Å². The van der Waals surface area contributed by atoms with E-state index in [9.17, 15) is 18.7 Å². The van der Waals surface area contributed by atoms with E-state index in [1.54, 1.807) is 6.92 Å². The van der Waals surface area contributed by atoms with Crippen molar-refractivity contribution in [3.8, 4) is 11.5 Å². The number of carbonyl (C=O) groups is 1. The van der Waals surface area contributed by atoms with Gasteiger partial charge in [0.2, 0.25) is 5.82 Å². The number of aliphatic hydroxyl groups is 1. The third kappa shape index (κ3) is 2.93. The Morgan fingerprint density at radius 2 is 1.89 bits per heavy atom. The van der Waals surface area contributed by atoms with Gasteiger partial charge >= 0.3 is 5.97 Å². The van der Waals surface area contributed by atoms with Gasteiger partial charge in [-0.2, -0.15) is 4.39 Å². The molecule has 0 aliphatic rings. The van der Waals surface area contributed by atoms with Crippen molar-refractivity contribution in [1.29, 1.82) is 0 Å². The number of aliphatic hydroxyl groups excluding tert-OH is 1. The summed E-state index contributed by atoms with van der Waals surface area (Å²) in [7, 11) is 2.29. The SMILES string of the molecule is CCOC(=O)C(O)c1cc(F)c(F)c(OC)c1OC. The maximum atomic E-state index is 13.5. The number of esters is 1. The normalized spacial score (nSPS) is 11.9. The number of methoxy groups -OCH3 is 2. The fourth-order valence-electron chi connectivity index (χ4n) is 1.55. The van der Waals surface area contributed by atoms with E-state index in [2.05, 4.69) is 9.47 Å². The molecule has 1 unspecified atom stereocenters. The van der Waals surface area contributed by atoms with Crippen molar-refractivity contribution in [2.45, 2.75) is 13.0 Å². The third-order valence-corrected chi connectivity index (χ3v) is 2.37. The largest absolute Gasteiger partial charge is 0.492 e. The van der Waals surface area contributed by atoms with E-state index >= 15 is 0 Å². The first-order chi connectivity index (χ1) is 8.97. The maximum absolute atomic E-state index is 13.5. The number of ether oxygens (including phenoxy) is 3. The molecule has 1 rings (SSSR count). The molecule has 7 heteroatoms. The van der Waals surface area contributed by atoms with Crippen molar-refractivity contribution in [3.05, 3.63) is 23.3 Å². The Morgan fingerprint density at radius 3 is 2.37 bits per heavy atom. The molecule has 0 amide bonds. The van der Waals surface area contributed by atoms with E-state index in [4.69, 9.17) is 4.74 Å². The van der Waals surface area contributed by atoms with E-state index in [1.807, 2.05) is 0 Å². The zero-order valence-electron chi connectivity index (χ0n) is 10.7. The van der Waals surface area contributed by atoms with E-state index in [1.165, 1.54) is 7.11 Å². The van der Waals surface area contributed by atoms with Crippen LogP contribution >= 0.6 is 0 Å². The fourth-order valence-corrected chi connectivity index (χ4v) is 1.55. The van der Waals surface area contributed by atoms with Gasteiger partial charge < -0.3 is 19.3 Å². The first-order valence-corrected chi connectivity index (χ1v) is 5.42. The van der Waals surface area contributed by atoms with Gasteiger partial charge in [0.05, 0.1) is 20.8 Å². The number of carbonyl (C=O) groups excluding carboxylic acids is 1. The summed E-state index contributed by atoms with van der Waals surface area (Å²) in [6, 6.07) is 0.665. The Kier molecular flexibility index (Phi) is 5.05. The smallest absolute Gasteiger partial charge is 0.339 e. The van der Waals surface area contributed by atoms with Crippen LogP contribution in [-0.2, 0) is 9.53 Å². The number of halogens is 2. The molecule has 0 saturated heterocycles. The summed E-state index contributed by atoms with van der Waals surface area (Å²) in [6.07, 6.45) is -1.79. The highest BCUT2D eigenvalue weighted by molar-refractivity contribution is 5.78. The summed E-state index contributed by atoms with van der Waals surface area (Å²) in [6.45, 7) is 1.59. The molecule has 0 aromatic heterocycles. The van der Waals surface area contributed by atoms with Crippen LogP contribution in [0.5, 0.6) is 11.5 Å². The van der Waals surface area contributed by atoms with Gasteiger partial charge in [-0.3, -0.25) is 0 Å². The number of hydrogen-bond acceptors (Lipinski definition) is 5. The molecule has 5 nitrogen and oxygen atoms in total. The maximum Gasteiger partial charge on any atom is 0.339 e. The molecule has 0 fully saturated rings. The van der Waals surface area contributed by atoms with Crippen LogP contribution in [0, 0.1) is 11.6 Å². The molecule has 0 bridgehead atoms. The summed E-state index contributed by atoms with van der Waals surface area (Å²) >= 11 is 0. The molecule has 0 aliphatic heterocycles. The number of hydrogen-bond donors (Lipinski definition) is 1. The lowest BCUT2D eigenvalue weighted by atomic mass is 10.1. The Bertz CT molecular complexity index is 476. The van der Waals surface area contributed by atoms with Crippen molar-refractivity contribution in [3.63, 3.8) is 0 Å². The van der Waals surface area contributed by atoms with E-state index in [0.717, 1.165) is 7.11 Å². The van der Waals surface area contributed by atoms with Crippen LogP contribution < -0.4 is 9.47 Å². The quantitative estimate of drug-likeness (QED) is 0.827. The topological polar surface area (TPSA) is 65.0 Å². The van der Waals surface area contributed by atoms with Crippen LogP contribution in [0.2, 0.25) is 0 Å². The summed E-state index contributed by atoms with van der Waals surface area (Å²) in [5.74, 6) is -4.31. The average Bonchev–Trinajstić information content (AvgIpc) is 2.40. The van der Waals surface area contributed by atoms with Gasteiger partial charge in [-0.05, 0) is 13.0 Å². The second-order valence-corrected chi connectivity index (χ2v) is 3.48. The van der Waals surface area contributed by atoms with E-state index in [0.29, 0.717) is 6.07 Å². The van der Waals surface area contributed by atoms with Crippen molar-refractivity contribution in [1.82, 2.24) is 0 Å². The van der Waals surface area contributed by atoms with Crippen molar-refractivity contribution >= 4 is 5.97 Å². The molecule has 1 atom stereocenters. The highest BCUT2D eigenvalue weighted by Gasteiger charge is 2.28. The third-order valence-electron chi connectivity index (χ3n) is 2.37. The van der Waals surface area contributed by atoms with Gasteiger partial charge in [-0.1, -0.05) is 0 Å². The van der Waals surface area contributed by atoms with Crippen LogP contribution in [0.1, 0.15) is 18.6 Å². The first kappa shape index (κ1) is 15.2. The predicted octanol–water partition coefficient (Wildman–Crippen LogP) is 1.58. The van der Waals surface area contributed by atoms with Gasteiger partial charge in [-0.25, -0.2) is 9.18 Å². The Labute approximate surface area is 108 Å². The summed E-state index contributed by atoms with van der Waals surface area (Å²) in [5.41, 5.74) is -0.267. The molecule has 19 heavy (non-hydrogen) atoms. The lowest BCUT2D eigenvalue weighted by molar-refractivity contribution is -0.153. The minimum atomic E-state index is -1.79. The van der Waals surface area contributed by atoms with Crippen LogP contribution in [0.25, 0.3) is 0 Å². The molecular formula is C12H14F2O5. The molecule has 1 aromatic rings. The minimum absolute atomic E-state index is 0.0407. The molecule has 0 radical (unpaired) electrons. The summed E-state index contributed by atoms with van der Waals surface area (Å²) < 4.78 is 41.0. The van der Waals surface area contributed by atoms with Crippen molar-refractivity contribution in [2.24, 2.45) is 0 Å². The Morgan fingerprint density at radius 1 is 1.32 bits per heavy atom.